The van der Waals surface area contributed by atoms with Crippen LogP contribution in [0, 0.1) is 5.82 Å². The number of piperidine rings is 1. The van der Waals surface area contributed by atoms with Gasteiger partial charge in [0.15, 0.2) is 0 Å². The number of benzene rings is 4. The number of likely N-dealkylation sites (tertiary alicyclic amines) is 1. The molecule has 0 spiro atoms. The van der Waals surface area contributed by atoms with E-state index in [1.54, 1.807) is 24.3 Å². The van der Waals surface area contributed by atoms with Crippen LogP contribution in [0.25, 0.3) is 0 Å². The van der Waals surface area contributed by atoms with Crippen molar-refractivity contribution >= 4 is 33.7 Å². The second-order valence-corrected chi connectivity index (χ2v) is 15.1. The number of alkyl halides is 6. The van der Waals surface area contributed by atoms with E-state index in [9.17, 15) is 53.8 Å². The lowest BCUT2D eigenvalue weighted by atomic mass is 9.98. The topological polar surface area (TPSA) is 179 Å². The molecule has 12 nitrogen and oxygen atoms in total. The molecule has 4 aromatic rings. The molecule has 3 atom stereocenters. The van der Waals surface area contributed by atoms with Crippen LogP contribution < -0.4 is 20.3 Å². The van der Waals surface area contributed by atoms with Crippen molar-refractivity contribution in [2.24, 2.45) is 5.73 Å². The number of halogens is 7. The van der Waals surface area contributed by atoms with Gasteiger partial charge in [0.05, 0.1) is 31.2 Å². The molecule has 20 heteroatoms. The molecule has 58 heavy (non-hydrogen) atoms. The highest BCUT2D eigenvalue weighted by Crippen LogP contribution is 2.31. The number of carboxylic acids is 1. The summed E-state index contributed by atoms with van der Waals surface area (Å²) < 4.78 is 115. The highest BCUT2D eigenvalue weighted by Gasteiger charge is 2.41. The number of rotatable bonds is 10. The molecule has 0 radical (unpaired) electrons. The minimum atomic E-state index is -5.19. The van der Waals surface area contributed by atoms with Crippen molar-refractivity contribution in [1.82, 2.24) is 4.90 Å². The third kappa shape index (κ3) is 12.6. The van der Waals surface area contributed by atoms with E-state index in [2.05, 4.69) is 5.32 Å². The summed E-state index contributed by atoms with van der Waals surface area (Å²) in [4.78, 5) is 37.3. The summed E-state index contributed by atoms with van der Waals surface area (Å²) in [5.41, 5.74) is 7.14. The summed E-state index contributed by atoms with van der Waals surface area (Å²) in [6, 6.07) is 18.0. The Morgan fingerprint density at radius 3 is 2.00 bits per heavy atom. The molecule has 1 heterocycles. The zero-order valence-electron chi connectivity index (χ0n) is 30.5. The maximum Gasteiger partial charge on any atom is 0.430 e. The molecular weight excluding hydrogens is 805 g/mol. The SMILES string of the molecule is C[N+]1(Cc2ccc(F)cc2)CCC[C@H](N(C(=O)Nc2ccc(OS(=O)(=O)c3ccc(C(F)(F)F)cc3)cc2)C(=O)[C@@H](N)Cc2ccc(O)cc2)C1.O=C([O-])C(F)(F)F. The van der Waals surface area contributed by atoms with Crippen LogP contribution in [0.5, 0.6) is 11.5 Å². The number of nitrogens with two attached hydrogens (primary N) is 1. The largest absolute Gasteiger partial charge is 0.542 e. The molecule has 1 aliphatic heterocycles. The van der Waals surface area contributed by atoms with Gasteiger partial charge in [0, 0.05) is 11.3 Å². The van der Waals surface area contributed by atoms with Crippen LogP contribution >= 0.6 is 0 Å². The molecule has 1 unspecified atom stereocenters. The highest BCUT2D eigenvalue weighted by molar-refractivity contribution is 7.87. The minimum absolute atomic E-state index is 0.0497. The Bertz CT molecular complexity index is 2150. The third-order valence-corrected chi connectivity index (χ3v) is 10.2. The summed E-state index contributed by atoms with van der Waals surface area (Å²) >= 11 is 0. The zero-order chi connectivity index (χ0) is 43.1. The number of hydrogen-bond acceptors (Lipinski definition) is 9. The molecule has 1 aliphatic rings. The lowest BCUT2D eigenvalue weighted by molar-refractivity contribution is -0.928. The van der Waals surface area contributed by atoms with E-state index < -0.39 is 62.9 Å². The smallest absolute Gasteiger partial charge is 0.430 e. The number of anilines is 1. The number of nitrogens with zero attached hydrogens (tertiary/aromatic N) is 2. The van der Waals surface area contributed by atoms with Crippen LogP contribution in [0.4, 0.5) is 41.2 Å². The van der Waals surface area contributed by atoms with Crippen LogP contribution in [0.1, 0.15) is 29.5 Å². The molecule has 1 fully saturated rings. The second kappa shape index (κ2) is 18.2. The maximum absolute atomic E-state index is 14.0. The van der Waals surface area contributed by atoms with Crippen LogP contribution in [0.2, 0.25) is 0 Å². The summed E-state index contributed by atoms with van der Waals surface area (Å²) in [6.45, 7) is 1.70. The Morgan fingerprint density at radius 2 is 1.47 bits per heavy atom. The number of aliphatic carboxylic acids is 1. The molecule has 4 aromatic carbocycles. The number of carbonyl (C=O) groups is 3. The predicted octanol–water partition coefficient (Wildman–Crippen LogP) is 5.36. The van der Waals surface area contributed by atoms with Crippen molar-refractivity contribution in [3.8, 4) is 11.5 Å². The second-order valence-electron chi connectivity index (χ2n) is 13.6. The Labute approximate surface area is 328 Å². The van der Waals surface area contributed by atoms with Crippen LogP contribution in [0.15, 0.2) is 102 Å². The van der Waals surface area contributed by atoms with Gasteiger partial charge < -0.3 is 34.7 Å². The number of phenolic OH excluding ortho intramolecular Hbond substituents is 1. The quantitative estimate of drug-likeness (QED) is 0.108. The summed E-state index contributed by atoms with van der Waals surface area (Å²) in [7, 11) is -2.48. The predicted molar refractivity (Wildman–Crippen MR) is 191 cm³/mol. The maximum atomic E-state index is 14.0. The van der Waals surface area contributed by atoms with Crippen LogP contribution in [0.3, 0.4) is 0 Å². The number of urea groups is 1. The Balaban J connectivity index is 0.000000973. The molecule has 4 N–H and O–H groups in total. The third-order valence-electron chi connectivity index (χ3n) is 8.91. The number of amides is 3. The molecule has 1 saturated heterocycles. The van der Waals surface area contributed by atoms with Crippen molar-refractivity contribution in [1.29, 1.82) is 0 Å². The van der Waals surface area contributed by atoms with Gasteiger partial charge in [-0.25, -0.2) is 9.18 Å². The van der Waals surface area contributed by atoms with Gasteiger partial charge >= 0.3 is 28.5 Å². The fraction of sp³-hybridized carbons (Fsp3) is 0.289. The minimum Gasteiger partial charge on any atom is -0.542 e. The standard InChI is InChI=1S/C36H36F4N4O6S.C2HF3O2/c1-44(22-25-4-10-27(37)11-5-25)20-2-3-29(23-44)43(34(46)33(41)21-24-6-14-30(45)15-7-24)35(47)42-28-12-16-31(17-13-28)50-51(48,49)32-18-8-26(9-19-32)36(38,39)40;3-2(4,5)1(6)7/h4-19,29,33H,2-3,20-23,41H2,1H3,(H-,42,45,47);(H,6,7)/t29-,33-,44?;/m0./s1. The fourth-order valence-corrected chi connectivity index (χ4v) is 7.08. The Hall–Kier alpha value is -5.73. The molecule has 0 aromatic heterocycles. The van der Waals surface area contributed by atoms with E-state index in [4.69, 9.17) is 19.8 Å². The Kier molecular flexibility index (Phi) is 14.1. The lowest BCUT2D eigenvalue weighted by Gasteiger charge is -2.44. The molecule has 312 valence electrons. The molecule has 0 saturated carbocycles. The first-order chi connectivity index (χ1) is 27.0. The fourth-order valence-electron chi connectivity index (χ4n) is 6.15. The zero-order valence-corrected chi connectivity index (χ0v) is 31.3. The van der Waals surface area contributed by atoms with Crippen molar-refractivity contribution < 1.29 is 72.4 Å². The lowest BCUT2D eigenvalue weighted by Crippen LogP contribution is -2.62. The number of carbonyl (C=O) groups excluding carboxylic acids is 3. The summed E-state index contributed by atoms with van der Waals surface area (Å²) in [6.07, 6.45) is -8.54. The Morgan fingerprint density at radius 1 is 0.914 bits per heavy atom. The number of imide groups is 1. The van der Waals surface area contributed by atoms with Gasteiger partial charge in [0.2, 0.25) is 5.91 Å². The normalized spacial score (nSPS) is 17.6. The molecule has 0 bridgehead atoms. The number of likely N-dealkylation sites (N-methyl/N-ethyl adjacent to an activating group) is 1. The average molecular weight is 843 g/mol. The van der Waals surface area contributed by atoms with Crippen LogP contribution in [-0.4, -0.2) is 79.2 Å². The van der Waals surface area contributed by atoms with E-state index in [-0.39, 0.29) is 29.4 Å². The van der Waals surface area contributed by atoms with E-state index in [0.717, 1.165) is 29.1 Å². The van der Waals surface area contributed by atoms with E-state index in [0.29, 0.717) is 48.1 Å². The molecule has 0 aliphatic carbocycles. The number of nitrogens with one attached hydrogen (secondary N) is 1. The van der Waals surface area contributed by atoms with E-state index in [1.807, 2.05) is 7.05 Å². The van der Waals surface area contributed by atoms with E-state index >= 15 is 0 Å². The van der Waals surface area contributed by atoms with Gasteiger partial charge in [-0.05, 0) is 97.6 Å². The van der Waals surface area contributed by atoms with Crippen molar-refractivity contribution in [3.63, 3.8) is 0 Å². The van der Waals surface area contributed by atoms with Crippen molar-refractivity contribution in [2.75, 3.05) is 25.5 Å². The first-order valence-electron chi connectivity index (χ1n) is 17.2. The average Bonchev–Trinajstić information content (AvgIpc) is 3.14. The first-order valence-corrected chi connectivity index (χ1v) is 18.6. The molecular formula is C38H37F7N4O8S. The van der Waals surface area contributed by atoms with Crippen LogP contribution in [-0.2, 0) is 38.8 Å². The number of carboxylic acid groups (broad SMARTS) is 1. The summed E-state index contributed by atoms with van der Waals surface area (Å²) in [5, 5.41) is 21.1. The van der Waals surface area contributed by atoms with Gasteiger partial charge in [-0.2, -0.15) is 34.8 Å². The van der Waals surface area contributed by atoms with Gasteiger partial charge in [-0.15, -0.1) is 0 Å². The molecule has 5 rings (SSSR count). The van der Waals surface area contributed by atoms with Crippen molar-refractivity contribution in [3.05, 3.63) is 120 Å². The first kappa shape index (κ1) is 45.0. The number of hydrogen-bond donors (Lipinski definition) is 3. The van der Waals surface area contributed by atoms with E-state index in [1.165, 1.54) is 48.5 Å². The number of phenols is 1. The molecule has 3 amide bonds. The van der Waals surface area contributed by atoms with Gasteiger partial charge in [0.1, 0.15) is 41.3 Å². The number of quaternary nitrogens is 1. The monoisotopic (exact) mass is 842 g/mol. The highest BCUT2D eigenvalue weighted by atomic mass is 32.2. The van der Waals surface area contributed by atoms with Gasteiger partial charge in [-0.1, -0.05) is 24.3 Å². The summed E-state index contributed by atoms with van der Waals surface area (Å²) in [5.74, 6) is -4.10. The number of aromatic hydroxyl groups is 1. The van der Waals surface area contributed by atoms with Gasteiger partial charge in [0.25, 0.3) is 0 Å². The van der Waals surface area contributed by atoms with Crippen molar-refractivity contribution in [2.45, 2.75) is 55.1 Å². The van der Waals surface area contributed by atoms with Gasteiger partial charge in [-0.3, -0.25) is 9.69 Å².